The van der Waals surface area contributed by atoms with Crippen LogP contribution in [-0.2, 0) is 13.0 Å². The van der Waals surface area contributed by atoms with Crippen LogP contribution in [0.5, 0.6) is 0 Å². The monoisotopic (exact) mass is 375 g/mol. The Bertz CT molecular complexity index is 860. The van der Waals surface area contributed by atoms with E-state index < -0.39 is 0 Å². The summed E-state index contributed by atoms with van der Waals surface area (Å²) in [6, 6.07) is 3.04. The van der Waals surface area contributed by atoms with Crippen LogP contribution < -0.4 is 16.0 Å². The number of aromatic nitrogens is 2. The first-order chi connectivity index (χ1) is 12.4. The molecule has 1 aliphatic heterocycles. The highest BCUT2D eigenvalue weighted by Crippen LogP contribution is 2.33. The van der Waals surface area contributed by atoms with E-state index in [0.29, 0.717) is 16.5 Å². The SMILES string of the molecule is Cc1c(NC(=O)NC(C)C)c2n(c1C(=O)Nc1ccnc(Cl)c1)CCC2. The topological polar surface area (TPSA) is 88.0 Å². The number of rotatable bonds is 4. The smallest absolute Gasteiger partial charge is 0.319 e. The molecule has 1 aliphatic rings. The molecule has 0 saturated carbocycles. The summed E-state index contributed by atoms with van der Waals surface area (Å²) in [6.45, 7) is 6.40. The number of fused-ring (bicyclic) bond motifs is 1. The average Bonchev–Trinajstić information content (AvgIpc) is 3.09. The summed E-state index contributed by atoms with van der Waals surface area (Å²) in [6.07, 6.45) is 3.31. The Kier molecular flexibility index (Phi) is 5.18. The van der Waals surface area contributed by atoms with Gasteiger partial charge in [-0.2, -0.15) is 0 Å². The molecule has 3 rings (SSSR count). The molecule has 7 nitrogen and oxygen atoms in total. The minimum Gasteiger partial charge on any atom is -0.338 e. The minimum atomic E-state index is -0.267. The summed E-state index contributed by atoms with van der Waals surface area (Å²) in [5.41, 5.74) is 3.61. The molecular weight excluding hydrogens is 354 g/mol. The summed E-state index contributed by atoms with van der Waals surface area (Å²) < 4.78 is 1.98. The molecule has 0 bridgehead atoms. The molecule has 0 aliphatic carbocycles. The van der Waals surface area contributed by atoms with Crippen LogP contribution in [0.1, 0.15) is 42.0 Å². The second-order valence-corrected chi connectivity index (χ2v) is 7.01. The van der Waals surface area contributed by atoms with Gasteiger partial charge in [0, 0.05) is 35.7 Å². The van der Waals surface area contributed by atoms with Crippen molar-refractivity contribution >= 4 is 34.9 Å². The number of anilines is 2. The highest BCUT2D eigenvalue weighted by molar-refractivity contribution is 6.29. The van der Waals surface area contributed by atoms with Crippen LogP contribution in [0.4, 0.5) is 16.2 Å². The van der Waals surface area contributed by atoms with E-state index in [2.05, 4.69) is 20.9 Å². The molecule has 138 valence electrons. The van der Waals surface area contributed by atoms with Gasteiger partial charge in [-0.1, -0.05) is 11.6 Å². The van der Waals surface area contributed by atoms with Gasteiger partial charge >= 0.3 is 6.03 Å². The highest BCUT2D eigenvalue weighted by atomic mass is 35.5. The van der Waals surface area contributed by atoms with Gasteiger partial charge in [-0.05, 0) is 45.7 Å². The van der Waals surface area contributed by atoms with Crippen LogP contribution in [0.25, 0.3) is 0 Å². The quantitative estimate of drug-likeness (QED) is 0.714. The van der Waals surface area contributed by atoms with Gasteiger partial charge in [0.2, 0.25) is 0 Å². The number of halogens is 1. The van der Waals surface area contributed by atoms with Gasteiger partial charge < -0.3 is 20.5 Å². The van der Waals surface area contributed by atoms with Gasteiger partial charge in [-0.3, -0.25) is 4.79 Å². The van der Waals surface area contributed by atoms with Crippen LogP contribution >= 0.6 is 11.6 Å². The van der Waals surface area contributed by atoms with Gasteiger partial charge in [0.1, 0.15) is 10.8 Å². The molecular formula is C18H22ClN5O2. The lowest BCUT2D eigenvalue weighted by Gasteiger charge is -2.11. The molecule has 2 aromatic rings. The summed E-state index contributed by atoms with van der Waals surface area (Å²) >= 11 is 5.88. The van der Waals surface area contributed by atoms with E-state index >= 15 is 0 Å². The first kappa shape index (κ1) is 18.3. The van der Waals surface area contributed by atoms with Crippen molar-refractivity contribution in [1.82, 2.24) is 14.9 Å². The lowest BCUT2D eigenvalue weighted by molar-refractivity contribution is 0.101. The second-order valence-electron chi connectivity index (χ2n) is 6.63. The largest absolute Gasteiger partial charge is 0.338 e. The third-order valence-corrected chi connectivity index (χ3v) is 4.47. The number of hydrogen-bond acceptors (Lipinski definition) is 3. The maximum Gasteiger partial charge on any atom is 0.319 e. The van der Waals surface area contributed by atoms with Crippen LogP contribution in [0.3, 0.4) is 0 Å². The van der Waals surface area contributed by atoms with Crippen molar-refractivity contribution in [2.75, 3.05) is 10.6 Å². The van der Waals surface area contributed by atoms with Gasteiger partial charge in [0.25, 0.3) is 5.91 Å². The normalized spacial score (nSPS) is 12.8. The highest BCUT2D eigenvalue weighted by Gasteiger charge is 2.28. The van der Waals surface area contributed by atoms with Crippen molar-refractivity contribution in [3.05, 3.63) is 40.4 Å². The van der Waals surface area contributed by atoms with Crippen molar-refractivity contribution in [3.63, 3.8) is 0 Å². The zero-order chi connectivity index (χ0) is 18.8. The second kappa shape index (κ2) is 7.37. The zero-order valence-corrected chi connectivity index (χ0v) is 15.8. The van der Waals surface area contributed by atoms with Crippen molar-refractivity contribution < 1.29 is 9.59 Å². The summed E-state index contributed by atoms with van der Waals surface area (Å²) in [4.78, 5) is 28.9. The molecule has 26 heavy (non-hydrogen) atoms. The van der Waals surface area contributed by atoms with E-state index in [1.54, 1.807) is 12.1 Å². The number of amides is 3. The Balaban J connectivity index is 1.89. The van der Waals surface area contributed by atoms with Gasteiger partial charge in [-0.25, -0.2) is 9.78 Å². The molecule has 3 amide bonds. The Morgan fingerprint density at radius 2 is 2.08 bits per heavy atom. The van der Waals surface area contributed by atoms with Crippen molar-refractivity contribution in [3.8, 4) is 0 Å². The molecule has 2 aromatic heterocycles. The fourth-order valence-electron chi connectivity index (χ4n) is 3.26. The maximum absolute atomic E-state index is 12.9. The van der Waals surface area contributed by atoms with Gasteiger partial charge in [-0.15, -0.1) is 0 Å². The third-order valence-electron chi connectivity index (χ3n) is 4.27. The predicted molar refractivity (Wildman–Crippen MR) is 102 cm³/mol. The van der Waals surface area contributed by atoms with Gasteiger partial charge in [0.15, 0.2) is 0 Å². The Morgan fingerprint density at radius 3 is 2.77 bits per heavy atom. The molecule has 0 radical (unpaired) electrons. The maximum atomic E-state index is 12.9. The first-order valence-electron chi connectivity index (χ1n) is 8.59. The number of pyridine rings is 1. The van der Waals surface area contributed by atoms with E-state index in [-0.39, 0.29) is 18.0 Å². The Morgan fingerprint density at radius 1 is 1.31 bits per heavy atom. The summed E-state index contributed by atoms with van der Waals surface area (Å²) in [5.74, 6) is -0.231. The van der Waals surface area contributed by atoms with Crippen molar-refractivity contribution in [1.29, 1.82) is 0 Å². The van der Waals surface area contributed by atoms with Gasteiger partial charge in [0.05, 0.1) is 5.69 Å². The van der Waals surface area contributed by atoms with Crippen LogP contribution in [0.15, 0.2) is 18.3 Å². The number of carbonyl (C=O) groups excluding carboxylic acids is 2. The number of nitrogens with one attached hydrogen (secondary N) is 3. The van der Waals surface area contributed by atoms with E-state index in [1.807, 2.05) is 25.3 Å². The van der Waals surface area contributed by atoms with Crippen molar-refractivity contribution in [2.24, 2.45) is 0 Å². The zero-order valence-electron chi connectivity index (χ0n) is 15.0. The fourth-order valence-corrected chi connectivity index (χ4v) is 3.43. The standard InChI is InChI=1S/C18H22ClN5O2/c1-10(2)21-18(26)23-15-11(3)16(24-8-4-5-13(15)24)17(25)22-12-6-7-20-14(19)9-12/h6-7,9-10H,4-5,8H2,1-3H3,(H,20,22,25)(H2,21,23,26). The summed E-state index contributed by atoms with van der Waals surface area (Å²) in [5, 5.41) is 8.89. The number of carbonyl (C=O) groups is 2. The molecule has 0 atom stereocenters. The van der Waals surface area contributed by atoms with Crippen LogP contribution in [-0.4, -0.2) is 27.5 Å². The minimum absolute atomic E-state index is 0.0326. The number of hydrogen-bond donors (Lipinski definition) is 3. The molecule has 0 fully saturated rings. The third kappa shape index (κ3) is 3.67. The van der Waals surface area contributed by atoms with Crippen molar-refractivity contribution in [2.45, 2.75) is 46.2 Å². The molecule has 3 N–H and O–H groups in total. The molecule has 8 heteroatoms. The molecule has 0 saturated heterocycles. The predicted octanol–water partition coefficient (Wildman–Crippen LogP) is 3.57. The fraction of sp³-hybridized carbons (Fsp3) is 0.389. The summed E-state index contributed by atoms with van der Waals surface area (Å²) in [7, 11) is 0. The first-order valence-corrected chi connectivity index (χ1v) is 8.97. The van der Waals surface area contributed by atoms with E-state index in [0.717, 1.165) is 36.3 Å². The van der Waals surface area contributed by atoms with E-state index in [4.69, 9.17) is 11.6 Å². The Labute approximate surface area is 157 Å². The Hall–Kier alpha value is -2.54. The molecule has 0 aromatic carbocycles. The van der Waals surface area contributed by atoms with Crippen LogP contribution in [0.2, 0.25) is 5.15 Å². The molecule has 0 spiro atoms. The average molecular weight is 376 g/mol. The lowest BCUT2D eigenvalue weighted by Crippen LogP contribution is -2.34. The molecule has 0 unspecified atom stereocenters. The molecule has 3 heterocycles. The van der Waals surface area contributed by atoms with E-state index in [9.17, 15) is 9.59 Å². The number of urea groups is 1. The van der Waals surface area contributed by atoms with E-state index in [1.165, 1.54) is 6.20 Å². The van der Waals surface area contributed by atoms with Crippen LogP contribution in [0, 0.1) is 6.92 Å². The lowest BCUT2D eigenvalue weighted by atomic mass is 10.1. The number of nitrogens with zero attached hydrogens (tertiary/aromatic N) is 2.